The van der Waals surface area contributed by atoms with E-state index in [0.717, 1.165) is 62.8 Å². The topological polar surface area (TPSA) is 145 Å². The number of hydrogen-bond acceptors (Lipinski definition) is 8. The van der Waals surface area contributed by atoms with Crippen LogP contribution in [0.1, 0.15) is 38.2 Å². The van der Waals surface area contributed by atoms with Crippen molar-refractivity contribution in [3.8, 4) is 22.9 Å². The Balaban J connectivity index is 1.11. The maximum absolute atomic E-state index is 13.4. The molecule has 0 atom stereocenters. The van der Waals surface area contributed by atoms with Crippen LogP contribution in [-0.2, 0) is 16.6 Å². The molecule has 1 aromatic heterocycles. The van der Waals surface area contributed by atoms with Gasteiger partial charge in [0.25, 0.3) is 0 Å². The second-order valence-corrected chi connectivity index (χ2v) is 12.7. The molecule has 0 aliphatic carbocycles. The molecule has 2 heterocycles. The van der Waals surface area contributed by atoms with Crippen LogP contribution in [0.3, 0.4) is 0 Å². The molecule has 12 nitrogen and oxygen atoms in total. The first-order chi connectivity index (χ1) is 21.3. The van der Waals surface area contributed by atoms with E-state index < -0.39 is 10.0 Å². The van der Waals surface area contributed by atoms with Crippen LogP contribution in [0.15, 0.2) is 72.8 Å². The molecule has 13 heteroatoms. The zero-order valence-corrected chi connectivity index (χ0v) is 25.8. The van der Waals surface area contributed by atoms with Crippen LogP contribution in [0.5, 0.6) is 11.5 Å². The smallest absolute Gasteiger partial charge is 0.322 e. The van der Waals surface area contributed by atoms with Crippen molar-refractivity contribution in [3.05, 3.63) is 78.4 Å². The van der Waals surface area contributed by atoms with Gasteiger partial charge in [-0.15, -0.1) is 10.2 Å². The van der Waals surface area contributed by atoms with E-state index in [9.17, 15) is 13.2 Å². The van der Waals surface area contributed by atoms with Crippen LogP contribution in [0.2, 0.25) is 0 Å². The van der Waals surface area contributed by atoms with Crippen molar-refractivity contribution in [1.82, 2.24) is 30.8 Å². The number of anilines is 2. The van der Waals surface area contributed by atoms with Crippen molar-refractivity contribution in [3.63, 3.8) is 0 Å². The molecule has 0 saturated carbocycles. The number of piperidine rings is 1. The zero-order valence-electron chi connectivity index (χ0n) is 24.9. The van der Waals surface area contributed by atoms with Gasteiger partial charge in [0.2, 0.25) is 15.8 Å². The fraction of sp³-hybridized carbons (Fsp3) is 0.355. The summed E-state index contributed by atoms with van der Waals surface area (Å²) in [5, 5.41) is 17.5. The van der Waals surface area contributed by atoms with Gasteiger partial charge < -0.3 is 10.1 Å². The molecule has 0 spiro atoms. The first-order valence-corrected chi connectivity index (χ1v) is 16.6. The fourth-order valence-electron chi connectivity index (χ4n) is 5.11. The molecule has 3 N–H and O–H groups in total. The Kier molecular flexibility index (Phi) is 10.1. The number of aromatic nitrogens is 4. The van der Waals surface area contributed by atoms with Crippen LogP contribution in [-0.4, -0.2) is 71.9 Å². The van der Waals surface area contributed by atoms with Crippen LogP contribution >= 0.6 is 0 Å². The molecular weight excluding hydrogens is 580 g/mol. The first kappa shape index (κ1) is 31.0. The van der Waals surface area contributed by atoms with E-state index in [1.54, 1.807) is 24.3 Å². The molecule has 1 fully saturated rings. The van der Waals surface area contributed by atoms with Crippen LogP contribution in [0, 0.1) is 0 Å². The average Bonchev–Trinajstić information content (AvgIpc) is 3.55. The number of nitrogens with one attached hydrogen (secondary N) is 3. The fourth-order valence-corrected chi connectivity index (χ4v) is 5.68. The van der Waals surface area contributed by atoms with Crippen molar-refractivity contribution in [2.24, 2.45) is 0 Å². The molecule has 0 unspecified atom stereocenters. The van der Waals surface area contributed by atoms with E-state index in [1.807, 2.05) is 41.3 Å². The number of unbranched alkanes of at least 4 members (excludes halogenated alkanes) is 1. The molecular formula is C31H38N8O4S. The highest BCUT2D eigenvalue weighted by atomic mass is 32.2. The van der Waals surface area contributed by atoms with E-state index in [-0.39, 0.29) is 12.1 Å². The summed E-state index contributed by atoms with van der Waals surface area (Å²) in [6.07, 6.45) is 4.75. The van der Waals surface area contributed by atoms with Gasteiger partial charge in [0.15, 0.2) is 0 Å². The van der Waals surface area contributed by atoms with Gasteiger partial charge in [-0.25, -0.2) is 13.2 Å². The van der Waals surface area contributed by atoms with Gasteiger partial charge in [-0.2, -0.15) is 5.21 Å². The van der Waals surface area contributed by atoms with Crippen molar-refractivity contribution >= 4 is 27.4 Å². The Morgan fingerprint density at radius 2 is 1.75 bits per heavy atom. The Hall–Kier alpha value is -4.49. The Morgan fingerprint density at radius 3 is 2.39 bits per heavy atom. The minimum atomic E-state index is -3.32. The molecule has 5 rings (SSSR count). The number of carbonyl (C=O) groups excluding carboxylic acids is 1. The van der Waals surface area contributed by atoms with Gasteiger partial charge in [0.05, 0.1) is 6.26 Å². The number of sulfonamides is 1. The normalized spacial score (nSPS) is 14.2. The predicted octanol–water partition coefficient (Wildman–Crippen LogP) is 5.01. The van der Waals surface area contributed by atoms with E-state index >= 15 is 0 Å². The quantitative estimate of drug-likeness (QED) is 0.201. The summed E-state index contributed by atoms with van der Waals surface area (Å²) in [4.78, 5) is 17.6. The molecule has 3 aromatic carbocycles. The summed E-state index contributed by atoms with van der Waals surface area (Å²) in [6, 6.07) is 22.4. The standard InChI is InChI=1S/C31H38N8O4S/c1-3-4-18-39(27-7-5-6-24(21-27)30-33-36-37-34-30)31(40)32-25-16-19-38(20-17-25)22-23-8-12-28(13-9-23)43-29-14-10-26(11-15-29)35-44(2,41)42/h5-15,21,25,35H,3-4,16-20,22H2,1-2H3,(H,32,40)(H,33,34,36,37). The first-order valence-electron chi connectivity index (χ1n) is 14.7. The lowest BCUT2D eigenvalue weighted by atomic mass is 10.0. The molecule has 1 saturated heterocycles. The summed E-state index contributed by atoms with van der Waals surface area (Å²) in [5.41, 5.74) is 3.28. The molecule has 1 aliphatic heterocycles. The number of nitrogens with zero attached hydrogens (tertiary/aromatic N) is 5. The molecule has 44 heavy (non-hydrogen) atoms. The number of ether oxygens (including phenoxy) is 1. The number of H-pyrrole nitrogens is 1. The van der Waals surface area contributed by atoms with Crippen molar-refractivity contribution < 1.29 is 17.9 Å². The van der Waals surface area contributed by atoms with Gasteiger partial charge in [-0.3, -0.25) is 14.5 Å². The van der Waals surface area contributed by atoms with Gasteiger partial charge >= 0.3 is 6.03 Å². The number of urea groups is 1. The summed E-state index contributed by atoms with van der Waals surface area (Å²) in [5.74, 6) is 1.82. The molecule has 0 bridgehead atoms. The van der Waals surface area contributed by atoms with E-state index in [2.05, 4.69) is 54.6 Å². The highest BCUT2D eigenvalue weighted by Gasteiger charge is 2.24. The monoisotopic (exact) mass is 618 g/mol. The zero-order chi connectivity index (χ0) is 30.9. The molecule has 2 amide bonds. The minimum absolute atomic E-state index is 0.0842. The van der Waals surface area contributed by atoms with Gasteiger partial charge in [-0.1, -0.05) is 37.6 Å². The maximum Gasteiger partial charge on any atom is 0.322 e. The Labute approximate surface area is 257 Å². The molecule has 1 aliphatic rings. The molecule has 4 aromatic rings. The predicted molar refractivity (Wildman–Crippen MR) is 170 cm³/mol. The van der Waals surface area contributed by atoms with E-state index in [4.69, 9.17) is 4.74 Å². The summed E-state index contributed by atoms with van der Waals surface area (Å²) < 4.78 is 31.1. The SMILES string of the molecule is CCCCN(C(=O)NC1CCN(Cc2ccc(Oc3ccc(NS(C)(=O)=O)cc3)cc2)CC1)c1cccc(-c2nn[nH]n2)c1. The number of aromatic amines is 1. The summed E-state index contributed by atoms with van der Waals surface area (Å²) >= 11 is 0. The molecule has 0 radical (unpaired) electrons. The second kappa shape index (κ2) is 14.3. The van der Waals surface area contributed by atoms with Crippen LogP contribution in [0.4, 0.5) is 16.2 Å². The van der Waals surface area contributed by atoms with Gasteiger partial charge in [0.1, 0.15) is 11.5 Å². The van der Waals surface area contributed by atoms with E-state index in [1.165, 1.54) is 5.56 Å². The average molecular weight is 619 g/mol. The number of carbonyl (C=O) groups is 1. The van der Waals surface area contributed by atoms with Crippen LogP contribution in [0.25, 0.3) is 11.4 Å². The lowest BCUT2D eigenvalue weighted by Gasteiger charge is -2.34. The Morgan fingerprint density at radius 1 is 1.05 bits per heavy atom. The van der Waals surface area contributed by atoms with Crippen molar-refractivity contribution in [2.45, 2.75) is 45.2 Å². The number of tetrazole rings is 1. The second-order valence-electron chi connectivity index (χ2n) is 10.9. The number of benzene rings is 3. The number of rotatable bonds is 12. The Bertz CT molecular complexity index is 1610. The van der Waals surface area contributed by atoms with Gasteiger partial charge in [0, 0.05) is 49.2 Å². The number of amides is 2. The highest BCUT2D eigenvalue weighted by Crippen LogP contribution is 2.25. The van der Waals surface area contributed by atoms with Crippen LogP contribution < -0.4 is 19.7 Å². The third-order valence-electron chi connectivity index (χ3n) is 7.38. The number of hydrogen-bond donors (Lipinski definition) is 3. The van der Waals surface area contributed by atoms with Gasteiger partial charge in [-0.05, 0) is 78.6 Å². The van der Waals surface area contributed by atoms with Crippen molar-refractivity contribution in [1.29, 1.82) is 0 Å². The maximum atomic E-state index is 13.4. The highest BCUT2D eigenvalue weighted by molar-refractivity contribution is 7.92. The lowest BCUT2D eigenvalue weighted by molar-refractivity contribution is 0.188. The summed E-state index contributed by atoms with van der Waals surface area (Å²) in [7, 11) is -3.32. The molecule has 232 valence electrons. The lowest BCUT2D eigenvalue weighted by Crippen LogP contribution is -2.49. The van der Waals surface area contributed by atoms with E-state index in [0.29, 0.717) is 29.6 Å². The minimum Gasteiger partial charge on any atom is -0.457 e. The largest absolute Gasteiger partial charge is 0.457 e. The third kappa shape index (κ3) is 8.77. The van der Waals surface area contributed by atoms with Crippen molar-refractivity contribution in [2.75, 3.05) is 35.5 Å². The summed E-state index contributed by atoms with van der Waals surface area (Å²) in [6.45, 7) is 5.34. The number of likely N-dealkylation sites (tertiary alicyclic amines) is 1. The third-order valence-corrected chi connectivity index (χ3v) is 7.99.